The Morgan fingerprint density at radius 1 is 1.00 bits per heavy atom. The Hall–Kier alpha value is -0.499. The van der Waals surface area contributed by atoms with Gasteiger partial charge in [-0.05, 0) is 0 Å². The van der Waals surface area contributed by atoms with Gasteiger partial charge < -0.3 is 0 Å². The van der Waals surface area contributed by atoms with Crippen LogP contribution in [0.1, 0.15) is 29.5 Å². The summed E-state index contributed by atoms with van der Waals surface area (Å²) in [7, 11) is -1.34. The Bertz CT molecular complexity index is 554. The van der Waals surface area contributed by atoms with Gasteiger partial charge in [-0.1, -0.05) is 80.3 Å². The zero-order chi connectivity index (χ0) is 13.3. The molecule has 0 saturated heterocycles. The van der Waals surface area contributed by atoms with Crippen LogP contribution in [0.4, 0.5) is 0 Å². The van der Waals surface area contributed by atoms with Crippen molar-refractivity contribution >= 4 is 13.3 Å². The van der Waals surface area contributed by atoms with Crippen LogP contribution in [0.15, 0.2) is 42.5 Å². The fourth-order valence-corrected chi connectivity index (χ4v) is 6.00. The van der Waals surface area contributed by atoms with E-state index in [-0.39, 0.29) is 21.7 Å². The van der Waals surface area contributed by atoms with Crippen LogP contribution in [-0.2, 0) is 40.6 Å². The summed E-state index contributed by atoms with van der Waals surface area (Å²) < 4.78 is 0. The van der Waals surface area contributed by atoms with Crippen molar-refractivity contribution in [2.24, 2.45) is 0 Å². The van der Waals surface area contributed by atoms with E-state index in [1.165, 1.54) is 31.7 Å². The van der Waals surface area contributed by atoms with E-state index in [1.54, 1.807) is 21.9 Å². The summed E-state index contributed by atoms with van der Waals surface area (Å²) in [5.41, 5.74) is 4.98. The van der Waals surface area contributed by atoms with Gasteiger partial charge in [0.15, 0.2) is 0 Å². The zero-order valence-electron chi connectivity index (χ0n) is 12.6. The van der Waals surface area contributed by atoms with Crippen molar-refractivity contribution in [1.29, 1.82) is 0 Å². The first-order valence-electron chi connectivity index (χ1n) is 7.49. The third-order valence-electron chi connectivity index (χ3n) is 4.57. The molecule has 0 fully saturated rings. The van der Waals surface area contributed by atoms with Gasteiger partial charge >= 0.3 is 0 Å². The van der Waals surface area contributed by atoms with Gasteiger partial charge in [0.1, 0.15) is 0 Å². The second kappa shape index (κ2) is 6.51. The van der Waals surface area contributed by atoms with Crippen LogP contribution in [0, 0.1) is 0 Å². The average Bonchev–Trinajstić information content (AvgIpc) is 2.83. The maximum atomic E-state index is 2.50. The summed E-state index contributed by atoms with van der Waals surface area (Å²) >= 11 is 0. The zero-order valence-corrected chi connectivity index (χ0v) is 15.1. The van der Waals surface area contributed by atoms with E-state index in [1.807, 2.05) is 0 Å². The molecule has 0 aromatic heterocycles. The Morgan fingerprint density at radius 2 is 1.70 bits per heavy atom. The van der Waals surface area contributed by atoms with E-state index in [0.717, 1.165) is 0 Å². The van der Waals surface area contributed by atoms with Crippen LogP contribution < -0.4 is 5.19 Å². The maximum Gasteiger partial charge on any atom is 0.0737 e. The largest absolute Gasteiger partial charge is 0.210 e. The maximum absolute atomic E-state index is 2.50. The Labute approximate surface area is 138 Å². The van der Waals surface area contributed by atoms with Crippen LogP contribution >= 0.6 is 0 Å². The van der Waals surface area contributed by atoms with Gasteiger partial charge in [0.25, 0.3) is 0 Å². The van der Waals surface area contributed by atoms with Gasteiger partial charge in [0.05, 0.1) is 8.07 Å². The standard InChI is InChI=1S/C18H23Si.Ti/c1-19(2,17-9-4-3-5-10-17)14-16-13-12-15-8-6-7-11-18(15)16;/h3-5,9-10,12-13H,6-8,11,14H2,1-2H3;/q-1;. The molecule has 0 atom stereocenters. The first kappa shape index (κ1) is 15.9. The molecule has 2 aromatic rings. The Morgan fingerprint density at radius 3 is 2.45 bits per heavy atom. The molecule has 0 nitrogen and oxygen atoms in total. The van der Waals surface area contributed by atoms with Crippen molar-refractivity contribution in [2.75, 3.05) is 0 Å². The summed E-state index contributed by atoms with van der Waals surface area (Å²) in [5.74, 6) is 0. The predicted octanol–water partition coefficient (Wildman–Crippen LogP) is 3.98. The molecule has 0 amide bonds. The van der Waals surface area contributed by atoms with Crippen LogP contribution in [0.25, 0.3) is 0 Å². The van der Waals surface area contributed by atoms with Gasteiger partial charge in [0.2, 0.25) is 0 Å². The van der Waals surface area contributed by atoms with E-state index in [0.29, 0.717) is 0 Å². The van der Waals surface area contributed by atoms with Crippen LogP contribution in [0.2, 0.25) is 13.1 Å². The average molecular weight is 315 g/mol. The number of hydrogen-bond acceptors (Lipinski definition) is 0. The van der Waals surface area contributed by atoms with Crippen molar-refractivity contribution in [3.8, 4) is 0 Å². The third-order valence-corrected chi connectivity index (χ3v) is 7.73. The van der Waals surface area contributed by atoms with Crippen LogP contribution in [0.3, 0.4) is 0 Å². The molecule has 0 saturated carbocycles. The fraction of sp³-hybridized carbons (Fsp3) is 0.389. The molecule has 0 unspecified atom stereocenters. The Balaban J connectivity index is 0.00000147. The molecular formula is C18H23SiTi-. The number of fused-ring (bicyclic) bond motifs is 1. The van der Waals surface area contributed by atoms with Gasteiger partial charge in [-0.2, -0.15) is 22.8 Å². The van der Waals surface area contributed by atoms with E-state index in [9.17, 15) is 0 Å². The molecule has 104 valence electrons. The normalized spacial score (nSPS) is 14.5. The monoisotopic (exact) mass is 315 g/mol. The molecule has 0 heterocycles. The smallest absolute Gasteiger partial charge is 0.0737 e. The van der Waals surface area contributed by atoms with Gasteiger partial charge in [-0.3, -0.25) is 0 Å². The molecular weight excluding hydrogens is 292 g/mol. The minimum absolute atomic E-state index is 0. The molecule has 0 bridgehead atoms. The first-order valence-corrected chi connectivity index (χ1v) is 10.7. The molecule has 20 heavy (non-hydrogen) atoms. The summed E-state index contributed by atoms with van der Waals surface area (Å²) in [6, 6.07) is 17.2. The number of benzene rings is 1. The van der Waals surface area contributed by atoms with E-state index in [4.69, 9.17) is 0 Å². The number of rotatable bonds is 3. The van der Waals surface area contributed by atoms with Crippen molar-refractivity contribution < 1.29 is 21.7 Å². The third kappa shape index (κ3) is 3.21. The second-order valence-electron chi connectivity index (χ2n) is 6.50. The first-order chi connectivity index (χ1) is 9.17. The second-order valence-corrected chi connectivity index (χ2v) is 11.2. The molecule has 1 aliphatic carbocycles. The van der Waals surface area contributed by atoms with Crippen molar-refractivity contribution in [3.05, 3.63) is 59.2 Å². The fourth-order valence-electron chi connectivity index (χ4n) is 3.41. The number of hydrogen-bond donors (Lipinski definition) is 0. The minimum atomic E-state index is -1.34. The molecule has 0 radical (unpaired) electrons. The summed E-state index contributed by atoms with van der Waals surface area (Å²) in [5, 5.41) is 1.58. The van der Waals surface area contributed by atoms with Crippen LogP contribution in [0.5, 0.6) is 0 Å². The molecule has 1 aliphatic rings. The molecule has 2 aromatic carbocycles. The SMILES string of the molecule is C[Si](C)(C[c-]1ccc2c1CCCC2)c1ccccc1.[Ti]. The summed E-state index contributed by atoms with van der Waals surface area (Å²) in [4.78, 5) is 0. The van der Waals surface area contributed by atoms with Crippen LogP contribution in [-0.4, -0.2) is 8.07 Å². The van der Waals surface area contributed by atoms with Gasteiger partial charge in [-0.15, -0.1) is 0 Å². The minimum Gasteiger partial charge on any atom is -0.210 e. The topological polar surface area (TPSA) is 0 Å². The quantitative estimate of drug-likeness (QED) is 0.594. The van der Waals surface area contributed by atoms with Crippen molar-refractivity contribution in [1.82, 2.24) is 0 Å². The van der Waals surface area contributed by atoms with Crippen molar-refractivity contribution in [2.45, 2.75) is 44.8 Å². The molecule has 0 aliphatic heterocycles. The summed E-state index contributed by atoms with van der Waals surface area (Å²) in [6.07, 6.45) is 5.40. The van der Waals surface area contributed by atoms with Gasteiger partial charge in [0, 0.05) is 21.7 Å². The Kier molecular flexibility index (Phi) is 5.17. The van der Waals surface area contributed by atoms with Crippen molar-refractivity contribution in [3.63, 3.8) is 0 Å². The van der Waals surface area contributed by atoms with E-state index < -0.39 is 8.07 Å². The van der Waals surface area contributed by atoms with E-state index in [2.05, 4.69) is 55.6 Å². The summed E-state index contributed by atoms with van der Waals surface area (Å²) in [6.45, 7) is 5.01. The molecule has 0 spiro atoms. The molecule has 0 N–H and O–H groups in total. The predicted molar refractivity (Wildman–Crippen MR) is 85.9 cm³/mol. The number of aryl methyl sites for hydroxylation is 1. The van der Waals surface area contributed by atoms with Gasteiger partial charge in [-0.25, -0.2) is 6.07 Å². The van der Waals surface area contributed by atoms with E-state index >= 15 is 0 Å². The molecule has 3 rings (SSSR count). The molecule has 2 heteroatoms.